The second-order valence-corrected chi connectivity index (χ2v) is 7.22. The maximum Gasteiger partial charge on any atom is 0.233 e. The molecule has 0 saturated carbocycles. The van der Waals surface area contributed by atoms with Crippen LogP contribution in [0.15, 0.2) is 54.6 Å². The molecule has 0 spiro atoms. The zero-order valence-corrected chi connectivity index (χ0v) is 13.2. The van der Waals surface area contributed by atoms with E-state index >= 15 is 0 Å². The molecule has 0 heterocycles. The van der Waals surface area contributed by atoms with Crippen LogP contribution in [0.25, 0.3) is 0 Å². The van der Waals surface area contributed by atoms with Gasteiger partial charge in [-0.3, -0.25) is 4.72 Å². The highest BCUT2D eigenvalue weighted by Gasteiger charge is 2.16. The minimum atomic E-state index is -3.42. The minimum Gasteiger partial charge on any atom is -0.372 e. The molecule has 22 heavy (non-hydrogen) atoms. The number of benzene rings is 2. The van der Waals surface area contributed by atoms with Gasteiger partial charge in [-0.2, -0.15) is 0 Å². The van der Waals surface area contributed by atoms with Gasteiger partial charge in [0.25, 0.3) is 0 Å². The number of aliphatic hydroxyl groups is 1. The van der Waals surface area contributed by atoms with Gasteiger partial charge in [-0.25, -0.2) is 8.42 Å². The van der Waals surface area contributed by atoms with Gasteiger partial charge in [0.1, 0.15) is 5.72 Å². The van der Waals surface area contributed by atoms with E-state index < -0.39 is 15.7 Å². The van der Waals surface area contributed by atoms with Gasteiger partial charge < -0.3 is 10.8 Å². The van der Waals surface area contributed by atoms with Crippen LogP contribution in [-0.4, -0.2) is 19.3 Å². The fraction of sp³-hybridized carbons (Fsp3) is 0.250. The summed E-state index contributed by atoms with van der Waals surface area (Å²) in [6.07, 6.45) is 0.450. The molecular formula is C16H20N2O3S. The first-order valence-corrected chi connectivity index (χ1v) is 8.58. The van der Waals surface area contributed by atoms with Gasteiger partial charge in [-0.1, -0.05) is 42.5 Å². The number of hydrogen-bond donors (Lipinski definition) is 3. The Labute approximate surface area is 130 Å². The predicted molar refractivity (Wildman–Crippen MR) is 87.8 cm³/mol. The third-order valence-electron chi connectivity index (χ3n) is 3.24. The third-order valence-corrected chi connectivity index (χ3v) is 4.53. The monoisotopic (exact) mass is 320 g/mol. The number of nitrogens with two attached hydrogens (primary N) is 1. The van der Waals surface area contributed by atoms with Crippen LogP contribution in [0.1, 0.15) is 18.1 Å². The van der Waals surface area contributed by atoms with Crippen molar-refractivity contribution >= 4 is 15.7 Å². The summed E-state index contributed by atoms with van der Waals surface area (Å²) < 4.78 is 26.7. The first kappa shape index (κ1) is 16.5. The summed E-state index contributed by atoms with van der Waals surface area (Å²) in [4.78, 5) is 0. The summed E-state index contributed by atoms with van der Waals surface area (Å²) >= 11 is 0. The highest BCUT2D eigenvalue weighted by Crippen LogP contribution is 2.18. The van der Waals surface area contributed by atoms with Crippen molar-refractivity contribution in [3.05, 3.63) is 65.7 Å². The van der Waals surface area contributed by atoms with Gasteiger partial charge >= 0.3 is 0 Å². The molecule has 2 rings (SSSR count). The van der Waals surface area contributed by atoms with Gasteiger partial charge in [0.15, 0.2) is 0 Å². The third kappa shape index (κ3) is 4.84. The van der Waals surface area contributed by atoms with Gasteiger partial charge in [-0.15, -0.1) is 0 Å². The van der Waals surface area contributed by atoms with Gasteiger partial charge in [0, 0.05) is 5.69 Å². The van der Waals surface area contributed by atoms with E-state index in [4.69, 9.17) is 5.73 Å². The Hall–Kier alpha value is -1.89. The fourth-order valence-electron chi connectivity index (χ4n) is 2.00. The van der Waals surface area contributed by atoms with Crippen LogP contribution in [0.5, 0.6) is 0 Å². The second-order valence-electron chi connectivity index (χ2n) is 5.38. The Balaban J connectivity index is 2.00. The van der Waals surface area contributed by atoms with Gasteiger partial charge in [-0.05, 0) is 36.6 Å². The van der Waals surface area contributed by atoms with Crippen molar-refractivity contribution < 1.29 is 13.5 Å². The molecule has 0 amide bonds. The maximum absolute atomic E-state index is 12.1. The van der Waals surface area contributed by atoms with Crippen molar-refractivity contribution in [2.45, 2.75) is 19.1 Å². The van der Waals surface area contributed by atoms with E-state index in [1.54, 1.807) is 24.3 Å². The zero-order chi connectivity index (χ0) is 16.2. The molecule has 0 aromatic heterocycles. The molecule has 4 N–H and O–H groups in total. The van der Waals surface area contributed by atoms with E-state index in [0.29, 0.717) is 17.7 Å². The van der Waals surface area contributed by atoms with Crippen LogP contribution in [0, 0.1) is 0 Å². The first-order valence-electron chi connectivity index (χ1n) is 6.92. The molecule has 5 nitrogen and oxygen atoms in total. The zero-order valence-electron chi connectivity index (χ0n) is 12.4. The van der Waals surface area contributed by atoms with E-state index in [1.807, 2.05) is 30.3 Å². The van der Waals surface area contributed by atoms with E-state index in [2.05, 4.69) is 4.72 Å². The van der Waals surface area contributed by atoms with Gasteiger partial charge in [0.05, 0.1) is 5.75 Å². The van der Waals surface area contributed by atoms with Crippen LogP contribution in [0.4, 0.5) is 5.69 Å². The quantitative estimate of drug-likeness (QED) is 0.708. The van der Waals surface area contributed by atoms with Crippen LogP contribution in [-0.2, 0) is 22.2 Å². The van der Waals surface area contributed by atoms with Gasteiger partial charge in [0.2, 0.25) is 10.0 Å². The second kappa shape index (κ2) is 6.48. The number of rotatable bonds is 6. The molecule has 1 unspecified atom stereocenters. The molecular weight excluding hydrogens is 300 g/mol. The number of hydrogen-bond acceptors (Lipinski definition) is 4. The molecule has 0 fully saturated rings. The minimum absolute atomic E-state index is 0.00731. The molecule has 2 aromatic rings. The fourth-order valence-corrected chi connectivity index (χ4v) is 3.10. The summed E-state index contributed by atoms with van der Waals surface area (Å²) in [5.41, 5.74) is 6.06. The molecule has 0 saturated heterocycles. The average molecular weight is 320 g/mol. The standard InChI is InChI=1S/C16H20N2O3S/c1-16(17,19)14-7-9-15(10-8-14)18-22(20,21)12-11-13-5-3-2-4-6-13/h2-10,18-19H,11-12,17H2,1H3. The first-order chi connectivity index (χ1) is 10.3. The Kier molecular flexibility index (Phi) is 4.85. The van der Waals surface area contributed by atoms with Crippen molar-refractivity contribution in [2.75, 3.05) is 10.5 Å². The Morgan fingerprint density at radius 3 is 2.23 bits per heavy atom. The molecule has 0 aliphatic heterocycles. The lowest BCUT2D eigenvalue weighted by atomic mass is 10.1. The lowest BCUT2D eigenvalue weighted by Gasteiger charge is -2.18. The molecule has 118 valence electrons. The van der Waals surface area contributed by atoms with Crippen LogP contribution in [0.2, 0.25) is 0 Å². The molecule has 0 aliphatic carbocycles. The van der Waals surface area contributed by atoms with Crippen molar-refractivity contribution in [1.29, 1.82) is 0 Å². The Morgan fingerprint density at radius 2 is 1.68 bits per heavy atom. The van der Waals surface area contributed by atoms with E-state index in [1.165, 1.54) is 6.92 Å². The van der Waals surface area contributed by atoms with Crippen molar-refractivity contribution in [3.63, 3.8) is 0 Å². The van der Waals surface area contributed by atoms with Crippen LogP contribution < -0.4 is 10.5 Å². The van der Waals surface area contributed by atoms with Crippen molar-refractivity contribution in [2.24, 2.45) is 5.73 Å². The topological polar surface area (TPSA) is 92.4 Å². The highest BCUT2D eigenvalue weighted by atomic mass is 32.2. The average Bonchev–Trinajstić information content (AvgIpc) is 2.46. The summed E-state index contributed by atoms with van der Waals surface area (Å²) in [5, 5.41) is 9.66. The molecule has 0 aliphatic rings. The summed E-state index contributed by atoms with van der Waals surface area (Å²) in [7, 11) is -3.42. The summed E-state index contributed by atoms with van der Waals surface area (Å²) in [5.74, 6) is 0.00731. The van der Waals surface area contributed by atoms with Crippen molar-refractivity contribution in [1.82, 2.24) is 0 Å². The van der Waals surface area contributed by atoms with E-state index in [-0.39, 0.29) is 5.75 Å². The predicted octanol–water partition coefficient (Wildman–Crippen LogP) is 1.79. The molecule has 0 radical (unpaired) electrons. The summed E-state index contributed by atoms with van der Waals surface area (Å²) in [6.45, 7) is 1.46. The highest BCUT2D eigenvalue weighted by molar-refractivity contribution is 7.92. The molecule has 6 heteroatoms. The maximum atomic E-state index is 12.1. The smallest absolute Gasteiger partial charge is 0.233 e. The normalized spacial score (nSPS) is 14.3. The lowest BCUT2D eigenvalue weighted by Crippen LogP contribution is -2.32. The van der Waals surface area contributed by atoms with E-state index in [9.17, 15) is 13.5 Å². The lowest BCUT2D eigenvalue weighted by molar-refractivity contribution is 0.0647. The Bertz CT molecular complexity index is 705. The van der Waals surface area contributed by atoms with E-state index in [0.717, 1.165) is 5.56 Å². The summed E-state index contributed by atoms with van der Waals surface area (Å²) in [6, 6.07) is 15.8. The number of anilines is 1. The molecule has 2 aromatic carbocycles. The SMILES string of the molecule is CC(N)(O)c1ccc(NS(=O)(=O)CCc2ccccc2)cc1. The largest absolute Gasteiger partial charge is 0.372 e. The Morgan fingerprint density at radius 1 is 1.09 bits per heavy atom. The number of aryl methyl sites for hydroxylation is 1. The van der Waals surface area contributed by atoms with Crippen LogP contribution >= 0.6 is 0 Å². The number of sulfonamides is 1. The van der Waals surface area contributed by atoms with Crippen molar-refractivity contribution in [3.8, 4) is 0 Å². The molecule has 1 atom stereocenters. The number of nitrogens with one attached hydrogen (secondary N) is 1. The van der Waals surface area contributed by atoms with Crippen LogP contribution in [0.3, 0.4) is 0 Å². The molecule has 0 bridgehead atoms.